The maximum absolute atomic E-state index is 12.2. The predicted molar refractivity (Wildman–Crippen MR) is 94.7 cm³/mol. The summed E-state index contributed by atoms with van der Waals surface area (Å²) >= 11 is 0. The summed E-state index contributed by atoms with van der Waals surface area (Å²) in [7, 11) is 1.96. The fourth-order valence-electron chi connectivity index (χ4n) is 4.33. The van der Waals surface area contributed by atoms with Gasteiger partial charge in [-0.05, 0) is 49.7 Å². The summed E-state index contributed by atoms with van der Waals surface area (Å²) in [5.41, 5.74) is 5.33. The fraction of sp³-hybridized carbons (Fsp3) is 0.400. The Labute approximate surface area is 142 Å². The van der Waals surface area contributed by atoms with Crippen LogP contribution in [-0.2, 0) is 4.79 Å². The SMILES string of the molecule is CNCCN1c2ccc(C(C)=O)cc2C2C3=C(C=CC21)C(=O)CC3. The van der Waals surface area contributed by atoms with Crippen molar-refractivity contribution < 1.29 is 9.59 Å². The lowest BCUT2D eigenvalue weighted by Crippen LogP contribution is -2.38. The molecule has 2 atom stereocenters. The molecule has 0 saturated heterocycles. The normalized spacial score (nSPS) is 24.2. The van der Waals surface area contributed by atoms with E-state index >= 15 is 0 Å². The topological polar surface area (TPSA) is 49.4 Å². The van der Waals surface area contributed by atoms with E-state index in [-0.39, 0.29) is 23.5 Å². The minimum atomic E-state index is 0.0890. The Balaban J connectivity index is 1.83. The summed E-state index contributed by atoms with van der Waals surface area (Å²) < 4.78 is 0. The number of ketones is 2. The first-order valence-corrected chi connectivity index (χ1v) is 8.62. The van der Waals surface area contributed by atoms with E-state index in [0.29, 0.717) is 6.42 Å². The van der Waals surface area contributed by atoms with Gasteiger partial charge in [0, 0.05) is 42.3 Å². The summed E-state index contributed by atoms with van der Waals surface area (Å²) in [6.07, 6.45) is 5.67. The van der Waals surface area contributed by atoms with Gasteiger partial charge in [-0.2, -0.15) is 0 Å². The van der Waals surface area contributed by atoms with E-state index in [9.17, 15) is 9.59 Å². The van der Waals surface area contributed by atoms with Crippen molar-refractivity contribution in [3.63, 3.8) is 0 Å². The number of likely N-dealkylation sites (N-methyl/N-ethyl adjacent to an activating group) is 1. The summed E-state index contributed by atoms with van der Waals surface area (Å²) in [6.45, 7) is 3.41. The van der Waals surface area contributed by atoms with E-state index in [4.69, 9.17) is 0 Å². The fourth-order valence-corrected chi connectivity index (χ4v) is 4.33. The van der Waals surface area contributed by atoms with E-state index in [1.54, 1.807) is 6.92 Å². The highest BCUT2D eigenvalue weighted by atomic mass is 16.1. The molecule has 0 bridgehead atoms. The van der Waals surface area contributed by atoms with Gasteiger partial charge in [0.15, 0.2) is 11.6 Å². The lowest BCUT2D eigenvalue weighted by molar-refractivity contribution is -0.114. The van der Waals surface area contributed by atoms with E-state index in [1.165, 1.54) is 16.8 Å². The maximum atomic E-state index is 12.2. The molecule has 1 aromatic rings. The average Bonchev–Trinajstić information content (AvgIpc) is 3.10. The molecule has 0 radical (unpaired) electrons. The Bertz CT molecular complexity index is 791. The first-order valence-electron chi connectivity index (χ1n) is 8.62. The third-order valence-corrected chi connectivity index (χ3v) is 5.49. The molecule has 0 fully saturated rings. The summed E-state index contributed by atoms with van der Waals surface area (Å²) in [4.78, 5) is 26.4. The molecule has 1 aromatic carbocycles. The minimum Gasteiger partial charge on any atom is -0.363 e. The molecule has 3 aliphatic rings. The smallest absolute Gasteiger partial charge is 0.163 e. The Morgan fingerprint density at radius 1 is 1.33 bits per heavy atom. The quantitative estimate of drug-likeness (QED) is 0.866. The molecule has 124 valence electrons. The Morgan fingerprint density at radius 3 is 2.92 bits per heavy atom. The standard InChI is InChI=1S/C20H22N2O2/c1-12(23)13-3-6-17-16(11-13)20-15-5-8-19(24)14(15)4-7-18(20)22(17)10-9-21-2/h3-4,6-7,11,18,20-21H,5,8-10H2,1-2H3. The van der Waals surface area contributed by atoms with E-state index in [2.05, 4.69) is 22.4 Å². The summed E-state index contributed by atoms with van der Waals surface area (Å²) in [6, 6.07) is 6.29. The van der Waals surface area contributed by atoms with Crippen LogP contribution in [0.3, 0.4) is 0 Å². The number of nitrogens with zero attached hydrogens (tertiary/aromatic N) is 1. The van der Waals surface area contributed by atoms with Crippen LogP contribution in [0.5, 0.6) is 0 Å². The van der Waals surface area contributed by atoms with Gasteiger partial charge >= 0.3 is 0 Å². The van der Waals surface area contributed by atoms with Gasteiger partial charge in [-0.3, -0.25) is 9.59 Å². The maximum Gasteiger partial charge on any atom is 0.163 e. The second-order valence-corrected chi connectivity index (χ2v) is 6.82. The number of benzene rings is 1. The molecular formula is C20H22N2O2. The van der Waals surface area contributed by atoms with Crippen LogP contribution in [0.1, 0.15) is 41.6 Å². The molecule has 4 rings (SSSR count). The van der Waals surface area contributed by atoms with Crippen LogP contribution in [0.25, 0.3) is 0 Å². The number of anilines is 1. The Morgan fingerprint density at radius 2 is 2.17 bits per heavy atom. The van der Waals surface area contributed by atoms with Crippen molar-refractivity contribution >= 4 is 17.3 Å². The van der Waals surface area contributed by atoms with Gasteiger partial charge in [-0.15, -0.1) is 0 Å². The highest BCUT2D eigenvalue weighted by Gasteiger charge is 2.43. The average molecular weight is 322 g/mol. The Kier molecular flexibility index (Phi) is 3.65. The van der Waals surface area contributed by atoms with Crippen molar-refractivity contribution in [3.8, 4) is 0 Å². The number of Topliss-reactive ketones (excluding diaryl/α,β-unsaturated/α-hetero) is 2. The molecule has 24 heavy (non-hydrogen) atoms. The van der Waals surface area contributed by atoms with Gasteiger partial charge in [0.1, 0.15) is 0 Å². The molecule has 0 spiro atoms. The second-order valence-electron chi connectivity index (χ2n) is 6.82. The zero-order valence-corrected chi connectivity index (χ0v) is 14.1. The molecule has 0 aromatic heterocycles. The number of rotatable bonds is 4. The molecule has 2 aliphatic carbocycles. The first kappa shape index (κ1) is 15.3. The van der Waals surface area contributed by atoms with E-state index in [0.717, 1.165) is 30.6 Å². The molecule has 1 aliphatic heterocycles. The second kappa shape index (κ2) is 5.71. The monoisotopic (exact) mass is 322 g/mol. The Hall–Kier alpha value is -2.20. The van der Waals surface area contributed by atoms with Crippen LogP contribution < -0.4 is 10.2 Å². The van der Waals surface area contributed by atoms with Gasteiger partial charge in [0.05, 0.1) is 6.04 Å². The van der Waals surface area contributed by atoms with Gasteiger partial charge in [0.2, 0.25) is 0 Å². The van der Waals surface area contributed by atoms with Crippen molar-refractivity contribution in [1.29, 1.82) is 0 Å². The van der Waals surface area contributed by atoms with Crippen LogP contribution in [0.4, 0.5) is 5.69 Å². The zero-order valence-electron chi connectivity index (χ0n) is 14.1. The molecule has 4 nitrogen and oxygen atoms in total. The number of allylic oxidation sites excluding steroid dienone is 2. The largest absolute Gasteiger partial charge is 0.363 e. The molecule has 1 heterocycles. The summed E-state index contributed by atoms with van der Waals surface area (Å²) in [5.74, 6) is 0.561. The molecule has 0 saturated carbocycles. The molecule has 0 amide bonds. The van der Waals surface area contributed by atoms with Crippen molar-refractivity contribution in [2.24, 2.45) is 0 Å². The van der Waals surface area contributed by atoms with Gasteiger partial charge < -0.3 is 10.2 Å². The molecule has 1 N–H and O–H groups in total. The van der Waals surface area contributed by atoms with E-state index in [1.807, 2.05) is 25.3 Å². The third-order valence-electron chi connectivity index (χ3n) is 5.49. The van der Waals surface area contributed by atoms with Gasteiger partial charge in [-0.1, -0.05) is 12.2 Å². The van der Waals surface area contributed by atoms with Gasteiger partial charge in [-0.25, -0.2) is 0 Å². The lowest BCUT2D eigenvalue weighted by Gasteiger charge is -2.31. The van der Waals surface area contributed by atoms with Crippen LogP contribution in [0, 0.1) is 0 Å². The van der Waals surface area contributed by atoms with Crippen LogP contribution in [0.2, 0.25) is 0 Å². The highest BCUT2D eigenvalue weighted by Crippen LogP contribution is 2.51. The molecule has 2 unspecified atom stereocenters. The van der Waals surface area contributed by atoms with E-state index < -0.39 is 0 Å². The lowest BCUT2D eigenvalue weighted by atomic mass is 9.81. The number of fused-ring (bicyclic) bond motifs is 4. The van der Waals surface area contributed by atoms with Crippen molar-refractivity contribution in [2.75, 3.05) is 25.0 Å². The number of nitrogens with one attached hydrogen (secondary N) is 1. The highest BCUT2D eigenvalue weighted by molar-refractivity contribution is 6.02. The van der Waals surface area contributed by atoms with Crippen LogP contribution in [-0.4, -0.2) is 37.7 Å². The van der Waals surface area contributed by atoms with Crippen LogP contribution >= 0.6 is 0 Å². The van der Waals surface area contributed by atoms with Crippen molar-refractivity contribution in [2.45, 2.75) is 31.7 Å². The first-order chi connectivity index (χ1) is 11.6. The molecule has 4 heteroatoms. The van der Waals surface area contributed by atoms with Crippen LogP contribution in [0.15, 0.2) is 41.5 Å². The summed E-state index contributed by atoms with van der Waals surface area (Å²) in [5, 5.41) is 3.22. The number of carbonyl (C=O) groups excluding carboxylic acids is 2. The number of carbonyl (C=O) groups is 2. The van der Waals surface area contributed by atoms with Gasteiger partial charge in [0.25, 0.3) is 0 Å². The number of hydrogen-bond donors (Lipinski definition) is 1. The van der Waals surface area contributed by atoms with Crippen molar-refractivity contribution in [3.05, 3.63) is 52.6 Å². The number of hydrogen-bond acceptors (Lipinski definition) is 4. The minimum absolute atomic E-state index is 0.0890. The van der Waals surface area contributed by atoms with Crippen molar-refractivity contribution in [1.82, 2.24) is 5.32 Å². The predicted octanol–water partition coefficient (Wildman–Crippen LogP) is 2.61. The third kappa shape index (κ3) is 2.17. The zero-order chi connectivity index (χ0) is 16.8. The molecular weight excluding hydrogens is 300 g/mol.